The lowest BCUT2D eigenvalue weighted by Gasteiger charge is -2.33. The topological polar surface area (TPSA) is 23.5 Å². The summed E-state index contributed by atoms with van der Waals surface area (Å²) in [6.07, 6.45) is 3.34. The Balaban J connectivity index is 1.80. The average Bonchev–Trinajstić information content (AvgIpc) is 2.89. The van der Waals surface area contributed by atoms with Crippen molar-refractivity contribution in [2.24, 2.45) is 0 Å². The summed E-state index contributed by atoms with van der Waals surface area (Å²) in [7, 11) is 2.05. The van der Waals surface area contributed by atoms with Crippen LogP contribution in [0.1, 0.15) is 35.4 Å². The maximum absolute atomic E-state index is 13.9. The number of benzene rings is 2. The molecule has 2 aliphatic rings. The molecule has 2 unspecified atom stereocenters. The molecule has 0 spiro atoms. The SMILES string of the molecule is CN1CC=C(C2(O)CC(c3ccc(F)cc3)c3cc(F)ccc32)CC1. The Morgan fingerprint density at radius 1 is 1.08 bits per heavy atom. The smallest absolute Gasteiger partial charge is 0.123 e. The molecule has 1 N–H and O–H groups in total. The third kappa shape index (κ3) is 2.79. The third-order valence-electron chi connectivity index (χ3n) is 5.55. The quantitative estimate of drug-likeness (QED) is 0.836. The number of halogens is 2. The fourth-order valence-electron chi connectivity index (χ4n) is 4.16. The lowest BCUT2D eigenvalue weighted by Crippen LogP contribution is -2.33. The predicted molar refractivity (Wildman–Crippen MR) is 93.4 cm³/mol. The summed E-state index contributed by atoms with van der Waals surface area (Å²) in [5, 5.41) is 11.5. The van der Waals surface area contributed by atoms with Gasteiger partial charge in [0.25, 0.3) is 0 Å². The summed E-state index contributed by atoms with van der Waals surface area (Å²) in [6, 6.07) is 10.9. The Morgan fingerprint density at radius 3 is 2.48 bits per heavy atom. The van der Waals surface area contributed by atoms with Gasteiger partial charge in [0.1, 0.15) is 17.2 Å². The molecular weight excluding hydrogens is 320 g/mol. The van der Waals surface area contributed by atoms with E-state index in [9.17, 15) is 13.9 Å². The van der Waals surface area contributed by atoms with E-state index < -0.39 is 5.60 Å². The Morgan fingerprint density at radius 2 is 1.80 bits per heavy atom. The van der Waals surface area contributed by atoms with Crippen LogP contribution in [0.2, 0.25) is 0 Å². The molecule has 0 radical (unpaired) electrons. The highest BCUT2D eigenvalue weighted by molar-refractivity contribution is 5.51. The van der Waals surface area contributed by atoms with E-state index >= 15 is 0 Å². The summed E-state index contributed by atoms with van der Waals surface area (Å²) in [5.41, 5.74) is 2.40. The highest BCUT2D eigenvalue weighted by Crippen LogP contribution is 2.52. The van der Waals surface area contributed by atoms with Gasteiger partial charge in [-0.3, -0.25) is 0 Å². The molecule has 0 bridgehead atoms. The molecular formula is C21H21F2NO. The standard InChI is InChI=1S/C21H21F2NO/c1-24-10-8-15(9-11-24)21(25)13-19(14-2-4-16(22)5-3-14)18-12-17(23)6-7-20(18)21/h2-8,12,19,25H,9-11,13H2,1H3. The van der Waals surface area contributed by atoms with E-state index in [1.54, 1.807) is 18.2 Å². The summed E-state index contributed by atoms with van der Waals surface area (Å²) in [5.74, 6) is -0.751. The van der Waals surface area contributed by atoms with Crippen LogP contribution >= 0.6 is 0 Å². The van der Waals surface area contributed by atoms with Gasteiger partial charge in [-0.05, 0) is 66.4 Å². The summed E-state index contributed by atoms with van der Waals surface area (Å²) in [4.78, 5) is 2.20. The zero-order valence-electron chi connectivity index (χ0n) is 14.2. The molecule has 1 heterocycles. The number of hydrogen-bond donors (Lipinski definition) is 1. The molecule has 0 amide bonds. The Hall–Kier alpha value is -2.04. The van der Waals surface area contributed by atoms with Gasteiger partial charge in [0.2, 0.25) is 0 Å². The molecule has 2 nitrogen and oxygen atoms in total. The lowest BCUT2D eigenvalue weighted by atomic mass is 9.83. The second-order valence-corrected chi connectivity index (χ2v) is 7.14. The summed E-state index contributed by atoms with van der Waals surface area (Å²) < 4.78 is 27.2. The second kappa shape index (κ2) is 6.04. The van der Waals surface area contributed by atoms with Crippen LogP contribution in [0.25, 0.3) is 0 Å². The first-order valence-electron chi connectivity index (χ1n) is 8.63. The number of nitrogens with zero attached hydrogens (tertiary/aromatic N) is 1. The largest absolute Gasteiger partial charge is 0.381 e. The molecule has 0 saturated carbocycles. The first-order chi connectivity index (χ1) is 12.0. The van der Waals surface area contributed by atoms with E-state index in [1.807, 2.05) is 0 Å². The molecule has 2 aromatic rings. The van der Waals surface area contributed by atoms with Crippen molar-refractivity contribution in [1.82, 2.24) is 4.90 Å². The van der Waals surface area contributed by atoms with E-state index in [2.05, 4.69) is 18.0 Å². The fraction of sp³-hybridized carbons (Fsp3) is 0.333. The van der Waals surface area contributed by atoms with Crippen molar-refractivity contribution in [2.45, 2.75) is 24.4 Å². The van der Waals surface area contributed by atoms with Gasteiger partial charge in [-0.25, -0.2) is 8.78 Å². The monoisotopic (exact) mass is 341 g/mol. The lowest BCUT2D eigenvalue weighted by molar-refractivity contribution is 0.0671. The van der Waals surface area contributed by atoms with Crippen molar-refractivity contribution in [3.05, 3.63) is 82.4 Å². The Bertz CT molecular complexity index is 830. The van der Waals surface area contributed by atoms with Crippen LogP contribution in [0.3, 0.4) is 0 Å². The summed E-state index contributed by atoms with van der Waals surface area (Å²) >= 11 is 0. The van der Waals surface area contributed by atoms with Gasteiger partial charge >= 0.3 is 0 Å². The molecule has 130 valence electrons. The van der Waals surface area contributed by atoms with Crippen LogP contribution in [0.5, 0.6) is 0 Å². The van der Waals surface area contributed by atoms with E-state index in [0.29, 0.717) is 6.42 Å². The van der Waals surface area contributed by atoms with Crippen LogP contribution in [0.4, 0.5) is 8.78 Å². The normalized spacial score (nSPS) is 26.4. The van der Waals surface area contributed by atoms with Crippen LogP contribution in [-0.4, -0.2) is 30.1 Å². The van der Waals surface area contributed by atoms with E-state index in [1.165, 1.54) is 24.3 Å². The first-order valence-corrected chi connectivity index (χ1v) is 8.63. The number of rotatable bonds is 2. The molecule has 1 aliphatic heterocycles. The van der Waals surface area contributed by atoms with Crippen molar-refractivity contribution in [3.63, 3.8) is 0 Å². The predicted octanol–water partition coefficient (Wildman–Crippen LogP) is 3.95. The maximum atomic E-state index is 13.9. The van der Waals surface area contributed by atoms with Gasteiger partial charge < -0.3 is 10.0 Å². The Labute approximate surface area is 146 Å². The number of fused-ring (bicyclic) bond motifs is 1. The highest BCUT2D eigenvalue weighted by atomic mass is 19.1. The number of likely N-dealkylation sites (N-methyl/N-ethyl adjacent to an activating group) is 1. The maximum Gasteiger partial charge on any atom is 0.123 e. The highest BCUT2D eigenvalue weighted by Gasteiger charge is 2.45. The molecule has 1 aliphatic carbocycles. The molecule has 2 aromatic carbocycles. The number of hydrogen-bond acceptors (Lipinski definition) is 2. The minimum absolute atomic E-state index is 0.142. The van der Waals surface area contributed by atoms with Gasteiger partial charge in [0.15, 0.2) is 0 Å². The average molecular weight is 341 g/mol. The Kier molecular flexibility index (Phi) is 3.97. The van der Waals surface area contributed by atoms with Gasteiger partial charge in [0.05, 0.1) is 0 Å². The van der Waals surface area contributed by atoms with Gasteiger partial charge in [-0.15, -0.1) is 0 Å². The van der Waals surface area contributed by atoms with Crippen molar-refractivity contribution in [2.75, 3.05) is 20.1 Å². The molecule has 0 fully saturated rings. The van der Waals surface area contributed by atoms with E-state index in [-0.39, 0.29) is 17.6 Å². The molecule has 2 atom stereocenters. The molecule has 4 rings (SSSR count). The van der Waals surface area contributed by atoms with Crippen LogP contribution in [0.15, 0.2) is 54.1 Å². The molecule has 0 saturated heterocycles. The van der Waals surface area contributed by atoms with E-state index in [4.69, 9.17) is 0 Å². The van der Waals surface area contributed by atoms with Gasteiger partial charge in [0, 0.05) is 19.0 Å². The van der Waals surface area contributed by atoms with Crippen molar-refractivity contribution < 1.29 is 13.9 Å². The van der Waals surface area contributed by atoms with Crippen LogP contribution < -0.4 is 0 Å². The molecule has 25 heavy (non-hydrogen) atoms. The minimum atomic E-state index is -1.08. The van der Waals surface area contributed by atoms with Crippen molar-refractivity contribution in [1.29, 1.82) is 0 Å². The first kappa shape index (κ1) is 16.4. The fourth-order valence-corrected chi connectivity index (χ4v) is 4.16. The van der Waals surface area contributed by atoms with Crippen LogP contribution in [-0.2, 0) is 5.60 Å². The summed E-state index contributed by atoms with van der Waals surface area (Å²) in [6.45, 7) is 1.70. The molecule has 4 heteroatoms. The van der Waals surface area contributed by atoms with E-state index in [0.717, 1.165) is 41.8 Å². The van der Waals surface area contributed by atoms with Gasteiger partial charge in [-0.1, -0.05) is 24.3 Å². The zero-order valence-corrected chi connectivity index (χ0v) is 14.2. The second-order valence-electron chi connectivity index (χ2n) is 7.14. The number of aliphatic hydroxyl groups is 1. The minimum Gasteiger partial charge on any atom is -0.381 e. The van der Waals surface area contributed by atoms with Crippen molar-refractivity contribution >= 4 is 0 Å². The zero-order chi connectivity index (χ0) is 17.6. The van der Waals surface area contributed by atoms with Gasteiger partial charge in [-0.2, -0.15) is 0 Å². The third-order valence-corrected chi connectivity index (χ3v) is 5.55. The van der Waals surface area contributed by atoms with Crippen LogP contribution in [0, 0.1) is 11.6 Å². The van der Waals surface area contributed by atoms with Crippen molar-refractivity contribution in [3.8, 4) is 0 Å². The molecule has 0 aromatic heterocycles.